The maximum atomic E-state index is 13.1. The van der Waals surface area contributed by atoms with Crippen molar-refractivity contribution in [1.82, 2.24) is 5.32 Å². The van der Waals surface area contributed by atoms with Crippen molar-refractivity contribution < 1.29 is 50.0 Å². The van der Waals surface area contributed by atoms with Crippen molar-refractivity contribution in [1.29, 1.82) is 0 Å². The molecule has 1 saturated heterocycles. The fourth-order valence-electron chi connectivity index (χ4n) is 8.65. The van der Waals surface area contributed by atoms with Crippen molar-refractivity contribution in [2.24, 2.45) is 0 Å². The molecule has 0 aromatic carbocycles. The van der Waals surface area contributed by atoms with Crippen LogP contribution in [0.25, 0.3) is 0 Å². The number of carbonyl (C=O) groups is 1. The summed E-state index contributed by atoms with van der Waals surface area (Å²) in [5, 5.41) is 76.0. The molecule has 11 heteroatoms. The summed E-state index contributed by atoms with van der Waals surface area (Å²) in [6.07, 6.45) is 41.9. The van der Waals surface area contributed by atoms with Gasteiger partial charge in [-0.3, -0.25) is 4.79 Å². The number of unbranched alkanes of at least 4 members (excludes halogenated alkanes) is 28. The van der Waals surface area contributed by atoms with E-state index in [1.165, 1.54) is 148 Å². The van der Waals surface area contributed by atoms with Gasteiger partial charge >= 0.3 is 0 Å². The van der Waals surface area contributed by atoms with Gasteiger partial charge in [-0.05, 0) is 64.2 Å². The molecule has 0 saturated carbocycles. The van der Waals surface area contributed by atoms with E-state index in [2.05, 4.69) is 55.6 Å². The minimum absolute atomic E-state index is 0.242. The highest BCUT2D eigenvalue weighted by Crippen LogP contribution is 2.23. The fraction of sp³-hybridized carbons (Fsp3) is 0.873. The van der Waals surface area contributed by atoms with Crippen LogP contribution < -0.4 is 5.32 Å². The smallest absolute Gasteiger partial charge is 0.249 e. The minimum atomic E-state index is -1.67. The molecule has 1 amide bonds. The largest absolute Gasteiger partial charge is 0.394 e. The molecule has 11 nitrogen and oxygen atoms in total. The van der Waals surface area contributed by atoms with Crippen LogP contribution in [0.2, 0.25) is 0 Å². The number of aliphatic hydroxyl groups excluding tert-OH is 7. The third-order valence-electron chi connectivity index (χ3n) is 13.2. The molecule has 9 atom stereocenters. The first kappa shape index (κ1) is 62.3. The van der Waals surface area contributed by atoms with Crippen molar-refractivity contribution >= 4 is 5.91 Å². The Hall–Kier alpha value is -1.67. The monoisotopic (exact) mass is 938 g/mol. The zero-order valence-corrected chi connectivity index (χ0v) is 42.2. The molecule has 1 rings (SSSR count). The first-order valence-electron chi connectivity index (χ1n) is 27.4. The van der Waals surface area contributed by atoms with Crippen molar-refractivity contribution in [3.8, 4) is 0 Å². The van der Waals surface area contributed by atoms with Crippen LogP contribution in [0.5, 0.6) is 0 Å². The summed E-state index contributed by atoms with van der Waals surface area (Å²) in [7, 11) is 0. The van der Waals surface area contributed by atoms with E-state index in [0.717, 1.165) is 44.9 Å². The number of nitrogens with one attached hydrogen (secondary N) is 1. The van der Waals surface area contributed by atoms with Gasteiger partial charge in [-0.1, -0.05) is 211 Å². The summed E-state index contributed by atoms with van der Waals surface area (Å²) in [5.41, 5.74) is 0. The Morgan fingerprint density at radius 1 is 0.515 bits per heavy atom. The predicted octanol–water partition coefficient (Wildman–Crippen LogP) is 10.7. The molecular formula is C55H103NO10. The molecule has 0 radical (unpaired) electrons. The normalized spacial score (nSPS) is 21.0. The van der Waals surface area contributed by atoms with Crippen LogP contribution in [0, 0.1) is 0 Å². The third-order valence-corrected chi connectivity index (χ3v) is 13.2. The average molecular weight is 938 g/mol. The summed E-state index contributed by atoms with van der Waals surface area (Å²) in [6.45, 7) is 3.44. The first-order chi connectivity index (χ1) is 32.2. The summed E-state index contributed by atoms with van der Waals surface area (Å²) in [5.74, 6) is -0.710. The molecule has 0 bridgehead atoms. The van der Waals surface area contributed by atoms with E-state index < -0.39 is 74.2 Å². The SMILES string of the molecule is CCCCCCCCCC/C=C/CC/C=C/CC/C=C/CCCC(O)C(O)C(COC1OC(CO)C(O)C(O)C1O)NC(=O)C(O)CCCCCCCCCCCCCCCCCCCC. The number of carbonyl (C=O) groups excluding carboxylic acids is 1. The van der Waals surface area contributed by atoms with Crippen LogP contribution in [0.1, 0.15) is 239 Å². The van der Waals surface area contributed by atoms with Gasteiger partial charge in [0.15, 0.2) is 6.29 Å². The number of rotatable bonds is 46. The number of allylic oxidation sites excluding steroid dienone is 6. The van der Waals surface area contributed by atoms with Crippen LogP contribution in [-0.2, 0) is 14.3 Å². The molecule has 0 aromatic rings. The predicted molar refractivity (Wildman–Crippen MR) is 270 cm³/mol. The summed E-state index contributed by atoms with van der Waals surface area (Å²) < 4.78 is 11.1. The maximum Gasteiger partial charge on any atom is 0.249 e. The van der Waals surface area contributed by atoms with Crippen LogP contribution >= 0.6 is 0 Å². The summed E-state index contributed by atoms with van der Waals surface area (Å²) in [6, 6.07) is -1.19. The highest BCUT2D eigenvalue weighted by atomic mass is 16.7. The Morgan fingerprint density at radius 3 is 1.35 bits per heavy atom. The van der Waals surface area contributed by atoms with E-state index in [0.29, 0.717) is 19.3 Å². The minimum Gasteiger partial charge on any atom is -0.394 e. The quantitative estimate of drug-likeness (QED) is 0.0215. The van der Waals surface area contributed by atoms with Gasteiger partial charge in [0.25, 0.3) is 0 Å². The second-order valence-corrected chi connectivity index (χ2v) is 19.3. The zero-order valence-electron chi connectivity index (χ0n) is 42.2. The van der Waals surface area contributed by atoms with Crippen molar-refractivity contribution in [3.63, 3.8) is 0 Å². The lowest BCUT2D eigenvalue weighted by molar-refractivity contribution is -0.303. The number of amides is 1. The molecule has 9 unspecified atom stereocenters. The van der Waals surface area contributed by atoms with Gasteiger partial charge in [-0.2, -0.15) is 0 Å². The summed E-state index contributed by atoms with van der Waals surface area (Å²) >= 11 is 0. The Kier molecular flexibility index (Phi) is 42.1. The van der Waals surface area contributed by atoms with Crippen LogP contribution in [0.4, 0.5) is 0 Å². The third kappa shape index (κ3) is 33.0. The lowest BCUT2D eigenvalue weighted by Gasteiger charge is -2.40. The zero-order chi connectivity index (χ0) is 48.3. The highest BCUT2D eigenvalue weighted by molar-refractivity contribution is 5.80. The standard InChI is InChI=1S/C55H103NO10/c1-3-5-7-9-11-13-15-17-19-21-23-24-25-27-28-30-32-34-36-38-40-42-47(58)50(60)46(45-65-55-53(63)52(62)51(61)49(44-57)66-55)56-54(64)48(59)43-41-39-37-35-33-31-29-26-22-20-18-16-14-12-10-8-6-4-2/h21,23,27-28,34,36,46-53,55,57-63H,3-20,22,24-26,29-33,35,37-45H2,1-2H3,(H,56,64)/b23-21+,28-27+,36-34+. The van der Waals surface area contributed by atoms with Gasteiger partial charge in [0, 0.05) is 0 Å². The van der Waals surface area contributed by atoms with Crippen LogP contribution in [-0.4, -0.2) is 110 Å². The molecule has 1 heterocycles. The molecule has 1 fully saturated rings. The van der Waals surface area contributed by atoms with Crippen LogP contribution in [0.3, 0.4) is 0 Å². The van der Waals surface area contributed by atoms with Gasteiger partial charge in [-0.15, -0.1) is 0 Å². The molecule has 0 spiro atoms. The lowest BCUT2D eigenvalue weighted by Crippen LogP contribution is -2.60. The Labute approximate surface area is 403 Å². The fourth-order valence-corrected chi connectivity index (χ4v) is 8.65. The van der Waals surface area contributed by atoms with E-state index in [1.807, 2.05) is 0 Å². The van der Waals surface area contributed by atoms with E-state index in [1.54, 1.807) is 0 Å². The Morgan fingerprint density at radius 2 is 0.909 bits per heavy atom. The maximum absolute atomic E-state index is 13.1. The van der Waals surface area contributed by atoms with Crippen molar-refractivity contribution in [2.75, 3.05) is 13.2 Å². The molecular weight excluding hydrogens is 835 g/mol. The lowest BCUT2D eigenvalue weighted by atomic mass is 9.98. The van der Waals surface area contributed by atoms with Gasteiger partial charge in [0.05, 0.1) is 25.4 Å². The first-order valence-corrected chi connectivity index (χ1v) is 27.4. The number of hydrogen-bond donors (Lipinski definition) is 8. The Balaban J connectivity index is 2.40. The van der Waals surface area contributed by atoms with E-state index in [-0.39, 0.29) is 12.8 Å². The number of ether oxygens (including phenoxy) is 2. The molecule has 0 aliphatic carbocycles. The Bertz CT molecular complexity index is 1170. The topological polar surface area (TPSA) is 189 Å². The van der Waals surface area contributed by atoms with Gasteiger partial charge < -0.3 is 50.5 Å². The molecule has 1 aliphatic heterocycles. The number of aliphatic hydroxyl groups is 7. The summed E-state index contributed by atoms with van der Waals surface area (Å²) in [4.78, 5) is 13.1. The molecule has 388 valence electrons. The second kappa shape index (κ2) is 44.5. The van der Waals surface area contributed by atoms with Gasteiger partial charge in [0.2, 0.25) is 5.91 Å². The molecule has 66 heavy (non-hydrogen) atoms. The van der Waals surface area contributed by atoms with Crippen molar-refractivity contribution in [2.45, 2.75) is 294 Å². The number of hydrogen-bond acceptors (Lipinski definition) is 10. The van der Waals surface area contributed by atoms with E-state index >= 15 is 0 Å². The van der Waals surface area contributed by atoms with E-state index in [4.69, 9.17) is 9.47 Å². The second-order valence-electron chi connectivity index (χ2n) is 19.3. The molecule has 0 aromatic heterocycles. The van der Waals surface area contributed by atoms with Crippen molar-refractivity contribution in [3.05, 3.63) is 36.5 Å². The van der Waals surface area contributed by atoms with E-state index in [9.17, 15) is 40.5 Å². The highest BCUT2D eigenvalue weighted by Gasteiger charge is 2.44. The van der Waals surface area contributed by atoms with Crippen LogP contribution in [0.15, 0.2) is 36.5 Å². The average Bonchev–Trinajstić information content (AvgIpc) is 3.32. The molecule has 8 N–H and O–H groups in total. The molecule has 1 aliphatic rings. The van der Waals surface area contributed by atoms with Gasteiger partial charge in [0.1, 0.15) is 36.6 Å². The van der Waals surface area contributed by atoms with Gasteiger partial charge in [-0.25, -0.2) is 0 Å².